The summed E-state index contributed by atoms with van der Waals surface area (Å²) in [6.07, 6.45) is -6.15. The summed E-state index contributed by atoms with van der Waals surface area (Å²) in [5.74, 6) is -3.52. The molecule has 2 aromatic carbocycles. The Bertz CT molecular complexity index is 952. The number of alkyl halides is 3. The first-order valence-electron chi connectivity index (χ1n) is 8.22. The van der Waals surface area contributed by atoms with Gasteiger partial charge in [0.2, 0.25) is 0 Å². The molecule has 0 heterocycles. The summed E-state index contributed by atoms with van der Waals surface area (Å²) >= 11 is 0. The normalized spacial score (nSPS) is 11.9. The minimum absolute atomic E-state index is 0.00575. The van der Waals surface area contributed by atoms with E-state index >= 15 is 0 Å². The van der Waals surface area contributed by atoms with Crippen molar-refractivity contribution < 1.29 is 36.6 Å². The predicted molar refractivity (Wildman–Crippen MR) is 96.0 cm³/mol. The second kappa shape index (κ2) is 7.69. The fraction of sp³-hybridized carbons (Fsp3) is 0.263. The van der Waals surface area contributed by atoms with Gasteiger partial charge in [0.15, 0.2) is 0 Å². The third-order valence-electron chi connectivity index (χ3n) is 3.86. The van der Waals surface area contributed by atoms with Crippen LogP contribution in [-0.4, -0.2) is 22.6 Å². The molecule has 0 saturated carbocycles. The van der Waals surface area contributed by atoms with Crippen LogP contribution in [-0.2, 0) is 6.18 Å². The van der Waals surface area contributed by atoms with E-state index in [9.17, 15) is 36.6 Å². The molecule has 0 atom stereocenters. The number of benzene rings is 2. The number of anilines is 2. The van der Waals surface area contributed by atoms with Crippen molar-refractivity contribution in [3.8, 4) is 0 Å². The lowest BCUT2D eigenvalue weighted by molar-refractivity contribution is -0.137. The highest BCUT2D eigenvalue weighted by atomic mass is 19.4. The van der Waals surface area contributed by atoms with Crippen molar-refractivity contribution in [2.45, 2.75) is 32.5 Å². The standard InChI is InChI=1S/C19H17F5N2O3/c1-18(2,3)26(17(28)29)11-5-7-14(21)15(9-11)25-16(27)12-8-10(19(22,23)24)4-6-13(12)20/h4-9H,1-3H3,(H,25,27)(H,28,29). The van der Waals surface area contributed by atoms with E-state index in [4.69, 9.17) is 0 Å². The zero-order valence-corrected chi connectivity index (χ0v) is 15.6. The van der Waals surface area contributed by atoms with Crippen molar-refractivity contribution in [2.75, 3.05) is 10.2 Å². The van der Waals surface area contributed by atoms with E-state index in [2.05, 4.69) is 0 Å². The molecule has 2 rings (SSSR count). The van der Waals surface area contributed by atoms with E-state index < -0.39 is 52.2 Å². The highest BCUT2D eigenvalue weighted by Gasteiger charge is 2.32. The smallest absolute Gasteiger partial charge is 0.416 e. The van der Waals surface area contributed by atoms with E-state index in [0.717, 1.165) is 23.1 Å². The van der Waals surface area contributed by atoms with Crippen LogP contribution < -0.4 is 10.2 Å². The zero-order chi connectivity index (χ0) is 22.1. The van der Waals surface area contributed by atoms with Gasteiger partial charge in [-0.1, -0.05) is 0 Å². The van der Waals surface area contributed by atoms with Gasteiger partial charge in [-0.2, -0.15) is 13.2 Å². The molecule has 29 heavy (non-hydrogen) atoms. The SMILES string of the molecule is CC(C)(C)N(C(=O)O)c1ccc(F)c(NC(=O)c2cc(C(F)(F)F)ccc2F)c1. The number of rotatable bonds is 3. The van der Waals surface area contributed by atoms with Crippen LogP contribution >= 0.6 is 0 Å². The van der Waals surface area contributed by atoms with E-state index in [1.54, 1.807) is 20.8 Å². The molecule has 156 valence electrons. The van der Waals surface area contributed by atoms with Gasteiger partial charge in [0.25, 0.3) is 5.91 Å². The molecular weight excluding hydrogens is 399 g/mol. The Morgan fingerprint density at radius 3 is 2.07 bits per heavy atom. The number of nitrogens with zero attached hydrogens (tertiary/aromatic N) is 1. The van der Waals surface area contributed by atoms with Crippen molar-refractivity contribution in [3.63, 3.8) is 0 Å². The van der Waals surface area contributed by atoms with Gasteiger partial charge in [0.05, 0.1) is 16.8 Å². The quantitative estimate of drug-likeness (QED) is 0.648. The number of hydrogen-bond donors (Lipinski definition) is 2. The third-order valence-corrected chi connectivity index (χ3v) is 3.86. The number of carbonyl (C=O) groups excluding carboxylic acids is 1. The number of carbonyl (C=O) groups is 2. The summed E-state index contributed by atoms with van der Waals surface area (Å²) in [4.78, 5) is 24.7. The molecule has 5 nitrogen and oxygen atoms in total. The minimum Gasteiger partial charge on any atom is -0.465 e. The summed E-state index contributed by atoms with van der Waals surface area (Å²) in [7, 11) is 0. The highest BCUT2D eigenvalue weighted by molar-refractivity contribution is 6.05. The molecule has 2 aromatic rings. The van der Waals surface area contributed by atoms with Gasteiger partial charge in [-0.05, 0) is 57.2 Å². The molecule has 0 saturated heterocycles. The van der Waals surface area contributed by atoms with Crippen molar-refractivity contribution in [1.82, 2.24) is 0 Å². The van der Waals surface area contributed by atoms with Crippen molar-refractivity contribution in [2.24, 2.45) is 0 Å². The van der Waals surface area contributed by atoms with Gasteiger partial charge in [0, 0.05) is 11.2 Å². The van der Waals surface area contributed by atoms with Crippen LogP contribution in [0.4, 0.5) is 38.1 Å². The average molecular weight is 416 g/mol. The number of hydrogen-bond acceptors (Lipinski definition) is 2. The van der Waals surface area contributed by atoms with Crippen molar-refractivity contribution in [3.05, 3.63) is 59.2 Å². The van der Waals surface area contributed by atoms with Crippen molar-refractivity contribution >= 4 is 23.4 Å². The first-order valence-corrected chi connectivity index (χ1v) is 8.22. The molecule has 0 fully saturated rings. The Kier molecular flexibility index (Phi) is 5.86. The molecule has 0 aliphatic carbocycles. The van der Waals surface area contributed by atoms with Crippen molar-refractivity contribution in [1.29, 1.82) is 0 Å². The Balaban J connectivity index is 2.43. The molecule has 0 radical (unpaired) electrons. The lowest BCUT2D eigenvalue weighted by Crippen LogP contribution is -2.45. The minimum atomic E-state index is -4.80. The van der Waals surface area contributed by atoms with Crippen LogP contribution in [0.15, 0.2) is 36.4 Å². The van der Waals surface area contributed by atoms with Gasteiger partial charge in [-0.15, -0.1) is 0 Å². The molecule has 0 aliphatic rings. The number of halogens is 5. The van der Waals surface area contributed by atoms with Gasteiger partial charge < -0.3 is 10.4 Å². The van der Waals surface area contributed by atoms with Crippen LogP contribution in [0.3, 0.4) is 0 Å². The fourth-order valence-corrected chi connectivity index (χ4v) is 2.60. The summed E-state index contributed by atoms with van der Waals surface area (Å²) in [6, 6.07) is 4.31. The fourth-order valence-electron chi connectivity index (χ4n) is 2.60. The second-order valence-electron chi connectivity index (χ2n) is 7.10. The monoisotopic (exact) mass is 416 g/mol. The average Bonchev–Trinajstić information content (AvgIpc) is 2.55. The maximum Gasteiger partial charge on any atom is 0.416 e. The summed E-state index contributed by atoms with van der Waals surface area (Å²) in [6.45, 7) is 4.75. The van der Waals surface area contributed by atoms with Gasteiger partial charge in [-0.3, -0.25) is 9.69 Å². The van der Waals surface area contributed by atoms with Crippen LogP contribution in [0.5, 0.6) is 0 Å². The van der Waals surface area contributed by atoms with Crippen LogP contribution in [0.25, 0.3) is 0 Å². The Morgan fingerprint density at radius 1 is 0.966 bits per heavy atom. The lowest BCUT2D eigenvalue weighted by atomic mass is 10.1. The lowest BCUT2D eigenvalue weighted by Gasteiger charge is -2.33. The first-order chi connectivity index (χ1) is 13.2. The molecule has 2 amide bonds. The van der Waals surface area contributed by atoms with E-state index in [-0.39, 0.29) is 5.69 Å². The predicted octanol–water partition coefficient (Wildman–Crippen LogP) is 5.52. The van der Waals surface area contributed by atoms with Gasteiger partial charge in [-0.25, -0.2) is 13.6 Å². The van der Waals surface area contributed by atoms with Crippen LogP contribution in [0.1, 0.15) is 36.7 Å². The van der Waals surface area contributed by atoms with Crippen LogP contribution in [0.2, 0.25) is 0 Å². The first kappa shape index (κ1) is 22.1. The highest BCUT2D eigenvalue weighted by Crippen LogP contribution is 2.31. The maximum absolute atomic E-state index is 14.1. The molecule has 2 N–H and O–H groups in total. The summed E-state index contributed by atoms with van der Waals surface area (Å²) < 4.78 is 66.4. The Hall–Kier alpha value is -3.17. The summed E-state index contributed by atoms with van der Waals surface area (Å²) in [5, 5.41) is 11.4. The van der Waals surface area contributed by atoms with Gasteiger partial charge >= 0.3 is 12.3 Å². The molecule has 0 unspecified atom stereocenters. The Labute approximate surface area is 162 Å². The summed E-state index contributed by atoms with van der Waals surface area (Å²) in [5.41, 5.74) is -3.61. The van der Waals surface area contributed by atoms with Gasteiger partial charge in [0.1, 0.15) is 11.6 Å². The number of amides is 2. The number of carboxylic acid groups (broad SMARTS) is 1. The maximum atomic E-state index is 14.1. The Morgan fingerprint density at radius 2 is 1.55 bits per heavy atom. The van der Waals surface area contributed by atoms with Crippen LogP contribution in [0, 0.1) is 11.6 Å². The van der Waals surface area contributed by atoms with E-state index in [0.29, 0.717) is 18.2 Å². The third kappa shape index (κ3) is 5.01. The molecule has 0 spiro atoms. The molecule has 0 aromatic heterocycles. The largest absolute Gasteiger partial charge is 0.465 e. The number of nitrogens with one attached hydrogen (secondary N) is 1. The molecule has 0 bridgehead atoms. The molecule has 10 heteroatoms. The topological polar surface area (TPSA) is 69.6 Å². The zero-order valence-electron chi connectivity index (χ0n) is 15.6. The molecular formula is C19H17F5N2O3. The van der Waals surface area contributed by atoms with E-state index in [1.165, 1.54) is 0 Å². The second-order valence-corrected chi connectivity index (χ2v) is 7.10. The molecule has 0 aliphatic heterocycles. The van der Waals surface area contributed by atoms with E-state index in [1.807, 2.05) is 5.32 Å².